The van der Waals surface area contributed by atoms with E-state index >= 15 is 0 Å². The molecule has 1 N–H and O–H groups in total. The van der Waals surface area contributed by atoms with Crippen LogP contribution in [0.3, 0.4) is 0 Å². The van der Waals surface area contributed by atoms with Crippen molar-refractivity contribution in [2.45, 2.75) is 52.0 Å². The van der Waals surface area contributed by atoms with Gasteiger partial charge in [0, 0.05) is 18.7 Å². The predicted molar refractivity (Wildman–Crippen MR) is 101 cm³/mol. The van der Waals surface area contributed by atoms with Crippen molar-refractivity contribution < 1.29 is 4.79 Å². The summed E-state index contributed by atoms with van der Waals surface area (Å²) in [5.74, 6) is 0.429. The molecule has 0 saturated carbocycles. The van der Waals surface area contributed by atoms with Crippen molar-refractivity contribution in [2.24, 2.45) is 0 Å². The quantitative estimate of drug-likeness (QED) is 0.888. The summed E-state index contributed by atoms with van der Waals surface area (Å²) in [6.07, 6.45) is 6.97. The second-order valence-electron chi connectivity index (χ2n) is 7.02. The molecule has 0 bridgehead atoms. The minimum Gasteiger partial charge on any atom is -0.336 e. The molecule has 3 rings (SSSR count). The Balaban J connectivity index is 1.65. The molecule has 2 atom stereocenters. The monoisotopic (exact) mass is 337 g/mol. The Bertz CT molecular complexity index is 728. The van der Waals surface area contributed by atoms with Crippen LogP contribution < -0.4 is 0 Å². The maximum atomic E-state index is 12.9. The molecule has 1 saturated heterocycles. The van der Waals surface area contributed by atoms with Crippen LogP contribution in [0.4, 0.5) is 0 Å². The summed E-state index contributed by atoms with van der Waals surface area (Å²) >= 11 is 0. The number of carbonyl (C=O) groups excluding carboxylic acids is 1. The fourth-order valence-corrected chi connectivity index (χ4v) is 3.86. The number of carbonyl (C=O) groups is 1. The number of hydrogen-bond donors (Lipinski definition) is 1. The first-order valence-electron chi connectivity index (χ1n) is 9.10. The highest BCUT2D eigenvalue weighted by atomic mass is 16.2. The van der Waals surface area contributed by atoms with Crippen LogP contribution in [0.15, 0.2) is 36.4 Å². The lowest BCUT2D eigenvalue weighted by atomic mass is 9.95. The predicted octanol–water partition coefficient (Wildman–Crippen LogP) is 4.22. The lowest BCUT2D eigenvalue weighted by Crippen LogP contribution is -2.35. The third-order valence-corrected chi connectivity index (χ3v) is 5.09. The zero-order valence-electron chi connectivity index (χ0n) is 15.3. The molecule has 1 aromatic carbocycles. The van der Waals surface area contributed by atoms with Gasteiger partial charge in [-0.3, -0.25) is 9.89 Å². The summed E-state index contributed by atoms with van der Waals surface area (Å²) in [5.41, 5.74) is 4.43. The zero-order chi connectivity index (χ0) is 17.8. The van der Waals surface area contributed by atoms with Crippen LogP contribution >= 0.6 is 0 Å². The van der Waals surface area contributed by atoms with E-state index in [0.717, 1.165) is 30.8 Å². The molecule has 0 radical (unpaired) electrons. The van der Waals surface area contributed by atoms with Crippen LogP contribution in [-0.4, -0.2) is 33.6 Å². The largest absolute Gasteiger partial charge is 0.336 e. The summed E-state index contributed by atoms with van der Waals surface area (Å²) in [6.45, 7) is 7.00. The van der Waals surface area contributed by atoms with Gasteiger partial charge in [0.2, 0.25) is 5.91 Å². The SMILES string of the molecule is Cc1n[nH]c(C)c1C(C)CC(=O)N1CCCC1C=Cc1ccccc1. The molecule has 132 valence electrons. The van der Waals surface area contributed by atoms with Gasteiger partial charge in [0.1, 0.15) is 0 Å². The van der Waals surface area contributed by atoms with Gasteiger partial charge in [0.05, 0.1) is 11.7 Å². The third-order valence-electron chi connectivity index (χ3n) is 5.09. The number of aryl methyl sites for hydroxylation is 2. The molecule has 4 heteroatoms. The first-order chi connectivity index (χ1) is 12.1. The normalized spacial score (nSPS) is 18.8. The van der Waals surface area contributed by atoms with Crippen molar-refractivity contribution in [1.82, 2.24) is 15.1 Å². The number of hydrogen-bond acceptors (Lipinski definition) is 2. The first kappa shape index (κ1) is 17.5. The van der Waals surface area contributed by atoms with Crippen molar-refractivity contribution in [2.75, 3.05) is 6.54 Å². The highest BCUT2D eigenvalue weighted by molar-refractivity contribution is 5.78. The average Bonchev–Trinajstić information content (AvgIpc) is 3.20. The number of aromatic amines is 1. The van der Waals surface area contributed by atoms with Crippen LogP contribution in [-0.2, 0) is 4.79 Å². The molecule has 2 aromatic rings. The molecular weight excluding hydrogens is 310 g/mol. The highest BCUT2D eigenvalue weighted by Gasteiger charge is 2.28. The van der Waals surface area contributed by atoms with Crippen molar-refractivity contribution in [3.05, 3.63) is 58.9 Å². The van der Waals surface area contributed by atoms with Crippen molar-refractivity contribution in [3.8, 4) is 0 Å². The topological polar surface area (TPSA) is 49.0 Å². The van der Waals surface area contributed by atoms with Crippen LogP contribution in [0.2, 0.25) is 0 Å². The standard InChI is InChI=1S/C21H27N3O/c1-15(21-16(2)22-23-17(21)3)14-20(25)24-13-7-10-19(24)12-11-18-8-5-4-6-9-18/h4-6,8-9,11-12,15,19H,7,10,13-14H2,1-3H3,(H,22,23). The fraction of sp³-hybridized carbons (Fsp3) is 0.429. The van der Waals surface area contributed by atoms with Crippen LogP contribution in [0.5, 0.6) is 0 Å². The smallest absolute Gasteiger partial charge is 0.223 e. The number of nitrogens with zero attached hydrogens (tertiary/aromatic N) is 2. The molecule has 1 aromatic heterocycles. The van der Waals surface area contributed by atoms with E-state index in [4.69, 9.17) is 0 Å². The van der Waals surface area contributed by atoms with E-state index in [2.05, 4.69) is 41.4 Å². The molecule has 0 aliphatic carbocycles. The molecule has 2 unspecified atom stereocenters. The molecule has 1 aliphatic heterocycles. The number of H-pyrrole nitrogens is 1. The Morgan fingerprint density at radius 1 is 1.36 bits per heavy atom. The van der Waals surface area contributed by atoms with Gasteiger partial charge in [-0.15, -0.1) is 0 Å². The summed E-state index contributed by atoms with van der Waals surface area (Å²) in [6, 6.07) is 10.5. The van der Waals surface area contributed by atoms with Gasteiger partial charge in [-0.05, 0) is 43.7 Å². The Kier molecular flexibility index (Phi) is 5.37. The second kappa shape index (κ2) is 7.68. The lowest BCUT2D eigenvalue weighted by molar-refractivity contribution is -0.131. The van der Waals surface area contributed by atoms with E-state index in [0.29, 0.717) is 6.42 Å². The van der Waals surface area contributed by atoms with Gasteiger partial charge < -0.3 is 4.90 Å². The molecule has 0 spiro atoms. The van der Waals surface area contributed by atoms with Gasteiger partial charge in [-0.1, -0.05) is 49.4 Å². The van der Waals surface area contributed by atoms with E-state index < -0.39 is 0 Å². The average molecular weight is 337 g/mol. The van der Waals surface area contributed by atoms with Crippen LogP contribution in [0.25, 0.3) is 6.08 Å². The first-order valence-corrected chi connectivity index (χ1v) is 9.10. The lowest BCUT2D eigenvalue weighted by Gasteiger charge is -2.24. The van der Waals surface area contributed by atoms with Gasteiger partial charge in [-0.25, -0.2) is 0 Å². The molecule has 1 fully saturated rings. The van der Waals surface area contributed by atoms with E-state index in [9.17, 15) is 4.79 Å². The van der Waals surface area contributed by atoms with E-state index in [1.165, 1.54) is 11.1 Å². The van der Waals surface area contributed by atoms with Gasteiger partial charge >= 0.3 is 0 Å². The minimum atomic E-state index is 0.186. The number of aromatic nitrogens is 2. The van der Waals surface area contributed by atoms with Crippen molar-refractivity contribution >= 4 is 12.0 Å². The Morgan fingerprint density at radius 2 is 2.12 bits per heavy atom. The molecule has 1 aliphatic rings. The number of amides is 1. The van der Waals surface area contributed by atoms with Crippen LogP contribution in [0, 0.1) is 13.8 Å². The fourth-order valence-electron chi connectivity index (χ4n) is 3.86. The Hall–Kier alpha value is -2.36. The number of benzene rings is 1. The Morgan fingerprint density at radius 3 is 2.80 bits per heavy atom. The second-order valence-corrected chi connectivity index (χ2v) is 7.02. The molecule has 2 heterocycles. The van der Waals surface area contributed by atoms with E-state index in [1.54, 1.807) is 0 Å². The molecule has 1 amide bonds. The number of nitrogens with one attached hydrogen (secondary N) is 1. The van der Waals surface area contributed by atoms with Crippen LogP contribution in [0.1, 0.15) is 54.6 Å². The van der Waals surface area contributed by atoms with Crippen molar-refractivity contribution in [1.29, 1.82) is 0 Å². The van der Waals surface area contributed by atoms with Gasteiger partial charge in [-0.2, -0.15) is 5.10 Å². The number of likely N-dealkylation sites (tertiary alicyclic amines) is 1. The third kappa shape index (κ3) is 4.01. The molecule has 25 heavy (non-hydrogen) atoms. The number of rotatable bonds is 5. The summed E-state index contributed by atoms with van der Waals surface area (Å²) < 4.78 is 0. The molecule has 4 nitrogen and oxygen atoms in total. The van der Waals surface area contributed by atoms with E-state index in [-0.39, 0.29) is 17.9 Å². The Labute approximate surface area is 149 Å². The maximum absolute atomic E-state index is 12.9. The summed E-state index contributed by atoms with van der Waals surface area (Å²) in [4.78, 5) is 14.9. The molecular formula is C21H27N3O. The van der Waals surface area contributed by atoms with Gasteiger partial charge in [0.15, 0.2) is 0 Å². The summed E-state index contributed by atoms with van der Waals surface area (Å²) in [5, 5.41) is 7.28. The van der Waals surface area contributed by atoms with Gasteiger partial charge in [0.25, 0.3) is 0 Å². The minimum absolute atomic E-state index is 0.186. The summed E-state index contributed by atoms with van der Waals surface area (Å²) in [7, 11) is 0. The highest BCUT2D eigenvalue weighted by Crippen LogP contribution is 2.27. The zero-order valence-corrected chi connectivity index (χ0v) is 15.3. The van der Waals surface area contributed by atoms with E-state index in [1.807, 2.05) is 36.9 Å². The maximum Gasteiger partial charge on any atom is 0.223 e. The van der Waals surface area contributed by atoms with Crippen molar-refractivity contribution in [3.63, 3.8) is 0 Å².